The smallest absolute Gasteiger partial charge is 0.408 e. The molecule has 6 amide bonds. The van der Waals surface area contributed by atoms with E-state index in [0.29, 0.717) is 22.6 Å². The highest BCUT2D eigenvalue weighted by Gasteiger charge is 2.51. The van der Waals surface area contributed by atoms with Crippen LogP contribution in [0.25, 0.3) is 22.3 Å². The number of carbonyl (C=O) groups is 7. The van der Waals surface area contributed by atoms with Gasteiger partial charge in [-0.15, -0.1) is 0 Å². The van der Waals surface area contributed by atoms with E-state index in [-0.39, 0.29) is 81.1 Å². The minimum Gasteiger partial charge on any atom is -0.457 e. The molecule has 3 unspecified atom stereocenters. The number of nitrogens with two attached hydrogens (primary N) is 1. The molecule has 7 N–H and O–H groups in total. The predicted octanol–water partition coefficient (Wildman–Crippen LogP) is 6.16. The van der Waals surface area contributed by atoms with Crippen molar-refractivity contribution in [3.05, 3.63) is 91.7 Å². The average molecular weight is 1050 g/mol. The van der Waals surface area contributed by atoms with Crippen molar-refractivity contribution in [1.29, 1.82) is 0 Å². The predicted molar refractivity (Wildman–Crippen MR) is 265 cm³/mol. The molecule has 71 heavy (non-hydrogen) atoms. The molecule has 2 aromatic carbocycles. The Kier molecular flexibility index (Phi) is 16.5. The van der Waals surface area contributed by atoms with E-state index in [1.54, 1.807) is 90.3 Å². The normalized spacial score (nSPS) is 15.8. The van der Waals surface area contributed by atoms with Gasteiger partial charge in [0.15, 0.2) is 0 Å². The molecule has 6 rings (SSSR count). The number of hydrogen-bond acceptors (Lipinski definition) is 13. The number of cyclic esters (lactones) is 1. The lowest BCUT2D eigenvalue weighted by atomic mass is 9.85. The van der Waals surface area contributed by atoms with Gasteiger partial charge in [0.25, 0.3) is 5.56 Å². The van der Waals surface area contributed by atoms with Crippen molar-refractivity contribution in [2.75, 3.05) is 18.4 Å². The Hall–Kier alpha value is -7.03. The molecule has 0 fully saturated rings. The summed E-state index contributed by atoms with van der Waals surface area (Å²) in [5.74, 6) is -3.08. The van der Waals surface area contributed by atoms with Gasteiger partial charge in [-0.2, -0.15) is 0 Å². The molecule has 3 atom stereocenters. The number of ether oxygens (including phenoxy) is 4. The van der Waals surface area contributed by atoms with Gasteiger partial charge in [0.2, 0.25) is 17.4 Å². The number of pyridine rings is 2. The van der Waals surface area contributed by atoms with E-state index >= 15 is 0 Å². The molecule has 2 aliphatic rings. The monoisotopic (exact) mass is 1040 g/mol. The van der Waals surface area contributed by atoms with E-state index in [1.807, 2.05) is 24.3 Å². The van der Waals surface area contributed by atoms with E-state index < -0.39 is 70.7 Å². The van der Waals surface area contributed by atoms with Gasteiger partial charge in [-0.25, -0.2) is 24.2 Å². The first-order chi connectivity index (χ1) is 33.4. The van der Waals surface area contributed by atoms with Gasteiger partial charge in [-0.1, -0.05) is 68.7 Å². The van der Waals surface area contributed by atoms with Crippen LogP contribution in [0.3, 0.4) is 0 Å². The van der Waals surface area contributed by atoms with Gasteiger partial charge in [0.1, 0.15) is 30.9 Å². The van der Waals surface area contributed by atoms with Crippen molar-refractivity contribution >= 4 is 74.5 Å². The molecule has 0 radical (unpaired) electrons. The van der Waals surface area contributed by atoms with Gasteiger partial charge in [0, 0.05) is 39.8 Å². The van der Waals surface area contributed by atoms with Crippen LogP contribution in [0, 0.1) is 11.3 Å². The van der Waals surface area contributed by atoms with Crippen LogP contribution >= 0.6 is 15.9 Å². The van der Waals surface area contributed by atoms with Crippen LogP contribution in [0.1, 0.15) is 103 Å². The minimum absolute atomic E-state index is 0.0113. The molecule has 21 heteroatoms. The topological polar surface area (TPSA) is 277 Å². The number of esters is 2. The van der Waals surface area contributed by atoms with Crippen LogP contribution < -0.4 is 37.9 Å². The highest BCUT2D eigenvalue weighted by Crippen LogP contribution is 2.42. The lowest BCUT2D eigenvalue weighted by Crippen LogP contribution is -2.55. The summed E-state index contributed by atoms with van der Waals surface area (Å²) in [5, 5.41) is 14.1. The summed E-state index contributed by atoms with van der Waals surface area (Å²) in [4.78, 5) is 110. The Morgan fingerprint density at radius 1 is 0.944 bits per heavy atom. The number of carbonyl (C=O) groups excluding carboxylic acids is 7. The van der Waals surface area contributed by atoms with Crippen LogP contribution in [0.4, 0.5) is 20.1 Å². The number of hydrogen-bond donors (Lipinski definition) is 6. The summed E-state index contributed by atoms with van der Waals surface area (Å²) >= 11 is 3.58. The van der Waals surface area contributed by atoms with Crippen LogP contribution in [-0.4, -0.2) is 82.3 Å². The lowest BCUT2D eigenvalue weighted by molar-refractivity contribution is -0.190. The second-order valence-corrected chi connectivity index (χ2v) is 20.5. The summed E-state index contributed by atoms with van der Waals surface area (Å²) < 4.78 is 24.7. The third-order valence-electron chi connectivity index (χ3n) is 11.9. The number of nitrogens with one attached hydrogen (secondary N) is 5. The number of urea groups is 1. The third kappa shape index (κ3) is 13.0. The van der Waals surface area contributed by atoms with Gasteiger partial charge in [0.05, 0.1) is 35.4 Å². The van der Waals surface area contributed by atoms with E-state index in [1.165, 1.54) is 0 Å². The van der Waals surface area contributed by atoms with E-state index in [9.17, 15) is 38.4 Å². The number of nitrogens with zero attached hydrogens (tertiary/aromatic N) is 2. The number of primary amides is 1. The summed E-state index contributed by atoms with van der Waals surface area (Å²) in [5.41, 5.74) is 5.29. The summed E-state index contributed by atoms with van der Waals surface area (Å²) in [7, 11) is 0. The van der Waals surface area contributed by atoms with E-state index in [2.05, 4.69) is 42.5 Å². The molecule has 2 aliphatic heterocycles. The van der Waals surface area contributed by atoms with Crippen molar-refractivity contribution in [3.8, 4) is 11.4 Å². The number of aromatic nitrogens is 2. The summed E-state index contributed by atoms with van der Waals surface area (Å²) in [6, 6.07) is 12.9. The molecule has 0 saturated carbocycles. The molecule has 380 valence electrons. The maximum absolute atomic E-state index is 14.0. The Balaban J connectivity index is 1.03. The van der Waals surface area contributed by atoms with Crippen molar-refractivity contribution < 1.29 is 52.5 Å². The van der Waals surface area contributed by atoms with Gasteiger partial charge >= 0.3 is 30.2 Å². The van der Waals surface area contributed by atoms with Crippen LogP contribution in [-0.2, 0) is 63.5 Å². The maximum atomic E-state index is 14.0. The van der Waals surface area contributed by atoms with E-state index in [4.69, 9.17) is 29.7 Å². The molecular formula is C50H61BrN8O12. The molecule has 4 heterocycles. The molecule has 2 aromatic heterocycles. The van der Waals surface area contributed by atoms with E-state index in [0.717, 1.165) is 20.9 Å². The fourth-order valence-corrected chi connectivity index (χ4v) is 8.72. The first kappa shape index (κ1) is 53.3. The Labute approximate surface area is 419 Å². The molecule has 0 spiro atoms. The molecule has 0 bridgehead atoms. The largest absolute Gasteiger partial charge is 0.457 e. The molecule has 0 aliphatic carbocycles. The fraction of sp³-hybridized carbons (Fsp3) is 0.460. The zero-order valence-electron chi connectivity index (χ0n) is 41.0. The first-order valence-electron chi connectivity index (χ1n) is 23.3. The number of fused-ring (bicyclic) bond motifs is 5. The van der Waals surface area contributed by atoms with Crippen molar-refractivity contribution in [3.63, 3.8) is 0 Å². The number of benzene rings is 2. The quantitative estimate of drug-likeness (QED) is 0.0327. The highest BCUT2D eigenvalue weighted by molar-refractivity contribution is 9.10. The zero-order valence-corrected chi connectivity index (χ0v) is 42.6. The average Bonchev–Trinajstić information content (AvgIpc) is 3.65. The number of rotatable bonds is 18. The highest BCUT2D eigenvalue weighted by atomic mass is 79.9. The number of alkyl carbamates (subject to hydrolysis) is 2. The molecule has 4 aromatic rings. The SMILES string of the molecule is CCC1(OC(=O)CC(C)(C)CNC(=O)OCc2ccc(NC(=O)C(CCCNC(N)=O)NC(=O)C(NC(=O)OC(C)(C)C)C(C)C)cc2)C(=O)OCc2c1cc1n(c2=O)Cc2cc3c(Br)cccc3nc2-1. The fourth-order valence-electron chi connectivity index (χ4n) is 8.25. The maximum Gasteiger partial charge on any atom is 0.408 e. The van der Waals surface area contributed by atoms with Gasteiger partial charge in [-0.3, -0.25) is 19.2 Å². The Morgan fingerprint density at radius 2 is 1.66 bits per heavy atom. The van der Waals surface area contributed by atoms with Crippen molar-refractivity contribution in [2.24, 2.45) is 17.1 Å². The molecular weight excluding hydrogens is 984 g/mol. The molecule has 0 saturated heterocycles. The van der Waals surface area contributed by atoms with Gasteiger partial charge < -0.3 is 55.8 Å². The van der Waals surface area contributed by atoms with Gasteiger partial charge in [-0.05, 0) is 93.3 Å². The summed E-state index contributed by atoms with van der Waals surface area (Å²) in [6.45, 7) is 13.7. The van der Waals surface area contributed by atoms with Crippen molar-refractivity contribution in [2.45, 2.75) is 124 Å². The second-order valence-electron chi connectivity index (χ2n) is 19.7. The summed E-state index contributed by atoms with van der Waals surface area (Å²) in [6.07, 6.45) is -1.40. The zero-order chi connectivity index (χ0) is 52.0. The Morgan fingerprint density at radius 3 is 2.32 bits per heavy atom. The van der Waals surface area contributed by atoms with Crippen molar-refractivity contribution in [1.82, 2.24) is 30.8 Å². The lowest BCUT2D eigenvalue weighted by Gasteiger charge is -2.36. The molecule has 20 nitrogen and oxygen atoms in total. The van der Waals surface area contributed by atoms with Crippen LogP contribution in [0.15, 0.2) is 63.9 Å². The third-order valence-corrected chi connectivity index (χ3v) is 12.6. The van der Waals surface area contributed by atoms with Crippen LogP contribution in [0.5, 0.6) is 0 Å². The first-order valence-corrected chi connectivity index (χ1v) is 24.1. The second kappa shape index (κ2) is 21.9. The number of amides is 6. The minimum atomic E-state index is -1.90. The standard InChI is InChI=1S/C50H61BrN8O12/c1-9-50(33-21-37-40-29(20-31-34(51)12-10-13-35(31)56-40)23-59(37)43(63)32(33)25-68-44(50)64)70-38(60)22-49(7,8)26-54-46(66)69-24-28-15-17-30(18-16-28)55-41(61)36(14-11-19-53-45(52)65)57-42(62)39(27(2)3)58-47(67)71-48(4,5)6/h10,12-13,15-18,20-21,27,36,39H,9,11,14,19,22-26H2,1-8H3,(H,54,66)(H,55,61)(H,57,62)(H,58,67)(H3,52,53,65). The Bertz CT molecular complexity index is 2790. The number of anilines is 1. The van der Waals surface area contributed by atoms with Crippen LogP contribution in [0.2, 0.25) is 0 Å². The number of halogens is 1.